The molecular formula is C29H26O. The monoisotopic (exact) mass is 390 g/mol. The fourth-order valence-corrected chi connectivity index (χ4v) is 3.74. The second kappa shape index (κ2) is 9.76. The molecule has 0 fully saturated rings. The summed E-state index contributed by atoms with van der Waals surface area (Å²) in [6, 6.07) is 40.0. The Labute approximate surface area is 179 Å². The van der Waals surface area contributed by atoms with Crippen molar-refractivity contribution >= 4 is 11.1 Å². The minimum absolute atomic E-state index is 0.575. The highest BCUT2D eigenvalue weighted by molar-refractivity contribution is 5.98. The predicted molar refractivity (Wildman–Crippen MR) is 126 cm³/mol. The number of hydrogen-bond acceptors (Lipinski definition) is 1. The van der Waals surface area contributed by atoms with E-state index in [1.807, 2.05) is 18.2 Å². The van der Waals surface area contributed by atoms with Crippen LogP contribution in [-0.2, 0) is 6.61 Å². The molecule has 0 atom stereocenters. The molecule has 0 saturated carbocycles. The van der Waals surface area contributed by atoms with Gasteiger partial charge in [0.15, 0.2) is 0 Å². The molecule has 1 heteroatoms. The standard InChI is InChI=1S/C29H26O/c1-2-28(24-14-8-4-9-15-24)29(25-16-10-5-11-17-25)26-18-20-27(21-19-26)30-22-23-12-6-3-7-13-23/h3-21H,2,22H2,1H3. The van der Waals surface area contributed by atoms with Gasteiger partial charge in [0, 0.05) is 0 Å². The number of rotatable bonds is 7. The molecule has 4 aromatic rings. The number of benzene rings is 4. The quantitative estimate of drug-likeness (QED) is 0.295. The highest BCUT2D eigenvalue weighted by atomic mass is 16.5. The zero-order valence-corrected chi connectivity index (χ0v) is 17.3. The highest BCUT2D eigenvalue weighted by Gasteiger charge is 2.13. The Morgan fingerprint density at radius 3 is 1.63 bits per heavy atom. The second-order valence-corrected chi connectivity index (χ2v) is 7.24. The molecule has 0 bridgehead atoms. The third-order valence-corrected chi connectivity index (χ3v) is 5.23. The summed E-state index contributed by atoms with van der Waals surface area (Å²) >= 11 is 0. The molecule has 0 amide bonds. The van der Waals surface area contributed by atoms with Gasteiger partial charge < -0.3 is 4.74 Å². The first-order valence-electron chi connectivity index (χ1n) is 10.5. The average molecular weight is 391 g/mol. The topological polar surface area (TPSA) is 9.23 Å². The Morgan fingerprint density at radius 1 is 0.567 bits per heavy atom. The van der Waals surface area contributed by atoms with Gasteiger partial charge in [0.25, 0.3) is 0 Å². The summed E-state index contributed by atoms with van der Waals surface area (Å²) in [7, 11) is 0. The molecule has 0 aromatic heterocycles. The lowest BCUT2D eigenvalue weighted by molar-refractivity contribution is 0.306. The van der Waals surface area contributed by atoms with E-state index in [-0.39, 0.29) is 0 Å². The first-order chi connectivity index (χ1) is 14.8. The molecule has 0 saturated heterocycles. The largest absolute Gasteiger partial charge is 0.489 e. The fourth-order valence-electron chi connectivity index (χ4n) is 3.74. The van der Waals surface area contributed by atoms with Crippen molar-refractivity contribution in [1.82, 2.24) is 0 Å². The van der Waals surface area contributed by atoms with Crippen molar-refractivity contribution in [3.63, 3.8) is 0 Å². The van der Waals surface area contributed by atoms with E-state index < -0.39 is 0 Å². The number of hydrogen-bond donors (Lipinski definition) is 0. The number of ether oxygens (including phenoxy) is 1. The Bertz CT molecular complexity index is 1080. The van der Waals surface area contributed by atoms with Crippen molar-refractivity contribution in [3.8, 4) is 5.75 Å². The summed E-state index contributed by atoms with van der Waals surface area (Å²) in [6.45, 7) is 2.80. The molecule has 4 rings (SSSR count). The molecule has 0 unspecified atom stereocenters. The minimum Gasteiger partial charge on any atom is -0.489 e. The van der Waals surface area contributed by atoms with Gasteiger partial charge in [-0.3, -0.25) is 0 Å². The molecule has 4 aromatic carbocycles. The lowest BCUT2D eigenvalue weighted by Gasteiger charge is -2.17. The molecule has 0 aliphatic carbocycles. The van der Waals surface area contributed by atoms with Crippen molar-refractivity contribution in [1.29, 1.82) is 0 Å². The lowest BCUT2D eigenvalue weighted by atomic mass is 9.88. The third-order valence-electron chi connectivity index (χ3n) is 5.23. The van der Waals surface area contributed by atoms with Gasteiger partial charge in [0.2, 0.25) is 0 Å². The third kappa shape index (κ3) is 4.69. The van der Waals surface area contributed by atoms with Gasteiger partial charge in [-0.25, -0.2) is 0 Å². The van der Waals surface area contributed by atoms with Crippen molar-refractivity contribution < 1.29 is 4.74 Å². The van der Waals surface area contributed by atoms with Crippen molar-refractivity contribution in [2.75, 3.05) is 0 Å². The summed E-state index contributed by atoms with van der Waals surface area (Å²) in [6.07, 6.45) is 0.959. The van der Waals surface area contributed by atoms with Crippen LogP contribution in [0, 0.1) is 0 Å². The molecular weight excluding hydrogens is 364 g/mol. The van der Waals surface area contributed by atoms with Crippen molar-refractivity contribution in [3.05, 3.63) is 138 Å². The van der Waals surface area contributed by atoms with Gasteiger partial charge in [-0.2, -0.15) is 0 Å². The Kier molecular flexibility index (Phi) is 6.41. The minimum atomic E-state index is 0.575. The van der Waals surface area contributed by atoms with Crippen LogP contribution in [0.1, 0.15) is 35.6 Å². The molecule has 30 heavy (non-hydrogen) atoms. The summed E-state index contributed by atoms with van der Waals surface area (Å²) < 4.78 is 5.99. The maximum Gasteiger partial charge on any atom is 0.119 e. The van der Waals surface area contributed by atoms with E-state index in [2.05, 4.69) is 104 Å². The first kappa shape index (κ1) is 19.7. The smallest absolute Gasteiger partial charge is 0.119 e. The number of allylic oxidation sites excluding steroid dienone is 1. The summed E-state index contributed by atoms with van der Waals surface area (Å²) in [5.74, 6) is 0.882. The molecule has 0 aliphatic rings. The SMILES string of the molecule is CCC(=C(c1ccccc1)c1ccc(OCc2ccccc2)cc1)c1ccccc1. The van der Waals surface area contributed by atoms with E-state index in [4.69, 9.17) is 4.74 Å². The molecule has 0 radical (unpaired) electrons. The van der Waals surface area contributed by atoms with Crippen LogP contribution in [0.3, 0.4) is 0 Å². The molecule has 148 valence electrons. The molecule has 0 spiro atoms. The summed E-state index contributed by atoms with van der Waals surface area (Å²) in [4.78, 5) is 0. The van der Waals surface area contributed by atoms with Crippen LogP contribution in [0.5, 0.6) is 5.75 Å². The van der Waals surface area contributed by atoms with Crippen LogP contribution in [0.15, 0.2) is 115 Å². The van der Waals surface area contributed by atoms with Crippen molar-refractivity contribution in [2.45, 2.75) is 20.0 Å². The zero-order valence-electron chi connectivity index (χ0n) is 17.3. The van der Waals surface area contributed by atoms with Crippen LogP contribution in [0.4, 0.5) is 0 Å². The van der Waals surface area contributed by atoms with E-state index in [1.54, 1.807) is 0 Å². The highest BCUT2D eigenvalue weighted by Crippen LogP contribution is 2.34. The average Bonchev–Trinajstić information content (AvgIpc) is 2.83. The van der Waals surface area contributed by atoms with E-state index in [0.717, 1.165) is 12.2 Å². The molecule has 0 heterocycles. The van der Waals surface area contributed by atoms with Gasteiger partial charge in [0.1, 0.15) is 12.4 Å². The van der Waals surface area contributed by atoms with Gasteiger partial charge >= 0.3 is 0 Å². The maximum absolute atomic E-state index is 5.99. The Balaban J connectivity index is 1.68. The van der Waals surface area contributed by atoms with Crippen LogP contribution in [-0.4, -0.2) is 0 Å². The van der Waals surface area contributed by atoms with Crippen LogP contribution >= 0.6 is 0 Å². The fraction of sp³-hybridized carbons (Fsp3) is 0.103. The van der Waals surface area contributed by atoms with Gasteiger partial charge in [-0.15, -0.1) is 0 Å². The van der Waals surface area contributed by atoms with Crippen LogP contribution in [0.25, 0.3) is 11.1 Å². The van der Waals surface area contributed by atoms with Gasteiger partial charge in [0.05, 0.1) is 0 Å². The summed E-state index contributed by atoms with van der Waals surface area (Å²) in [5, 5.41) is 0. The Hall–Kier alpha value is -3.58. The van der Waals surface area contributed by atoms with E-state index >= 15 is 0 Å². The van der Waals surface area contributed by atoms with Crippen LogP contribution in [0.2, 0.25) is 0 Å². The van der Waals surface area contributed by atoms with Gasteiger partial charge in [-0.05, 0) is 52.0 Å². The van der Waals surface area contributed by atoms with Gasteiger partial charge in [-0.1, -0.05) is 110 Å². The molecule has 0 N–H and O–H groups in total. The molecule has 1 nitrogen and oxygen atoms in total. The Morgan fingerprint density at radius 2 is 1.07 bits per heavy atom. The maximum atomic E-state index is 5.99. The lowest BCUT2D eigenvalue weighted by Crippen LogP contribution is -1.97. The molecule has 0 aliphatic heterocycles. The van der Waals surface area contributed by atoms with E-state index in [1.165, 1.54) is 33.4 Å². The van der Waals surface area contributed by atoms with E-state index in [0.29, 0.717) is 6.61 Å². The predicted octanol–water partition coefficient (Wildman–Crippen LogP) is 7.63. The van der Waals surface area contributed by atoms with E-state index in [9.17, 15) is 0 Å². The van der Waals surface area contributed by atoms with Crippen molar-refractivity contribution in [2.24, 2.45) is 0 Å². The first-order valence-corrected chi connectivity index (χ1v) is 10.5. The zero-order chi connectivity index (χ0) is 20.6. The summed E-state index contributed by atoms with van der Waals surface area (Å²) in [5.41, 5.74) is 7.50. The second-order valence-electron chi connectivity index (χ2n) is 7.24. The van der Waals surface area contributed by atoms with Crippen LogP contribution < -0.4 is 4.74 Å². The normalized spacial score (nSPS) is 11.6.